The van der Waals surface area contributed by atoms with E-state index >= 15 is 0 Å². The third-order valence-corrected chi connectivity index (χ3v) is 12.4. The summed E-state index contributed by atoms with van der Waals surface area (Å²) in [6.45, 7) is 0. The molecule has 0 aliphatic heterocycles. The van der Waals surface area contributed by atoms with Crippen LogP contribution in [0.15, 0.2) is 0 Å². The van der Waals surface area contributed by atoms with Crippen molar-refractivity contribution in [2.45, 2.75) is 32.1 Å². The predicted molar refractivity (Wildman–Crippen MR) is 49.4 cm³/mol. The van der Waals surface area contributed by atoms with Gasteiger partial charge in [0, 0.05) is 0 Å². The van der Waals surface area contributed by atoms with Crippen LogP contribution in [0.3, 0.4) is 0 Å². The van der Waals surface area contributed by atoms with Crippen LogP contribution in [0.2, 0.25) is 0 Å². The quantitative estimate of drug-likeness (QED) is 0.322. The summed E-state index contributed by atoms with van der Waals surface area (Å²) in [5, 5.41) is 0. The molecule has 0 spiro atoms. The Kier molecular flexibility index (Phi) is 5.80. The monoisotopic (exact) mass is 538 g/mol. The number of alkyl halides is 14. The predicted octanol–water partition coefficient (Wildman–Crippen LogP) is 5.65. The van der Waals surface area contributed by atoms with Crippen LogP contribution >= 0.6 is 17.9 Å². The maximum absolute atomic E-state index is 13.1. The average molecular weight is 537 g/mol. The van der Waals surface area contributed by atoms with Crippen LogP contribution in [0, 0.1) is 0 Å². The zero-order chi connectivity index (χ0) is 19.5. The van der Waals surface area contributed by atoms with Gasteiger partial charge in [0.15, 0.2) is 0 Å². The summed E-state index contributed by atoms with van der Waals surface area (Å²) in [6, 6.07) is 0. The van der Waals surface area contributed by atoms with Gasteiger partial charge in [0.1, 0.15) is 0 Å². The van der Waals surface area contributed by atoms with E-state index in [1.54, 1.807) is 0 Å². The van der Waals surface area contributed by atoms with Gasteiger partial charge in [-0.3, -0.25) is 0 Å². The molecule has 0 aliphatic carbocycles. The molecule has 17 heteroatoms. The second-order valence-corrected chi connectivity index (χ2v) is 16.5. The van der Waals surface area contributed by atoms with Crippen molar-refractivity contribution >= 4 is 33.9 Å². The van der Waals surface area contributed by atoms with Gasteiger partial charge in [0.25, 0.3) is 0 Å². The molecule has 0 radical (unpaired) electrons. The van der Waals surface area contributed by atoms with Crippen molar-refractivity contribution in [1.29, 1.82) is 0 Å². The summed E-state index contributed by atoms with van der Waals surface area (Å²) in [4.78, 5) is 0. The molecule has 0 aromatic carbocycles. The molecule has 0 aromatic rings. The molecule has 0 amide bonds. The fourth-order valence-electron chi connectivity index (χ4n) is 0.813. The van der Waals surface area contributed by atoms with Crippen LogP contribution in [0.25, 0.3) is 0 Å². The Hall–Kier alpha value is 0.390. The summed E-state index contributed by atoms with van der Waals surface area (Å²) >= 11 is -8.98. The number of halogens is 16. The SMILES string of the molecule is FC(F)(F)C(F)(F)C(F)(F)[Te](Cl)(Cl)C(F)(F)C(F)(F)C(F)(F)F. The van der Waals surface area contributed by atoms with Crippen molar-refractivity contribution < 1.29 is 61.5 Å². The van der Waals surface area contributed by atoms with Gasteiger partial charge < -0.3 is 0 Å². The van der Waals surface area contributed by atoms with Crippen LogP contribution < -0.4 is 0 Å². The van der Waals surface area contributed by atoms with E-state index in [-0.39, 0.29) is 0 Å². The van der Waals surface area contributed by atoms with Gasteiger partial charge in [-0.05, 0) is 0 Å². The normalized spacial score (nSPS) is 17.4. The molecule has 142 valence electrons. The molecule has 0 rings (SSSR count). The molecule has 0 bridgehead atoms. The van der Waals surface area contributed by atoms with E-state index in [0.717, 1.165) is 0 Å². The molecule has 0 aromatic heterocycles. The van der Waals surface area contributed by atoms with E-state index in [4.69, 9.17) is 0 Å². The Bertz CT molecular complexity index is 407. The zero-order valence-electron chi connectivity index (χ0n) is 9.46. The molecule has 0 unspecified atom stereocenters. The Balaban J connectivity index is 6.37. The molecule has 0 N–H and O–H groups in total. The van der Waals surface area contributed by atoms with Crippen molar-refractivity contribution in [3.8, 4) is 0 Å². The molecule has 0 nitrogen and oxygen atoms in total. The fourth-order valence-corrected chi connectivity index (χ4v) is 6.83. The van der Waals surface area contributed by atoms with Gasteiger partial charge in [-0.25, -0.2) is 0 Å². The molecular formula is C6Cl2F14Te. The van der Waals surface area contributed by atoms with Crippen LogP contribution in [-0.2, 0) is 0 Å². The molecule has 0 aliphatic rings. The molecule has 0 saturated heterocycles. The van der Waals surface area contributed by atoms with Crippen LogP contribution in [0.5, 0.6) is 0 Å². The minimum absolute atomic E-state index is 4.00. The van der Waals surface area contributed by atoms with Crippen molar-refractivity contribution in [3.05, 3.63) is 0 Å². The summed E-state index contributed by atoms with van der Waals surface area (Å²) in [5.41, 5.74) is 0. The second-order valence-electron chi connectivity index (χ2n) is 3.65. The van der Waals surface area contributed by atoms with Crippen molar-refractivity contribution in [2.24, 2.45) is 0 Å². The van der Waals surface area contributed by atoms with Crippen LogP contribution in [0.4, 0.5) is 61.5 Å². The molecule has 0 atom stereocenters. The Labute approximate surface area is 128 Å². The van der Waals surface area contributed by atoms with E-state index in [0.29, 0.717) is 0 Å². The third-order valence-electron chi connectivity index (χ3n) is 2.09. The van der Waals surface area contributed by atoms with E-state index < -0.39 is 48.1 Å². The topological polar surface area (TPSA) is 0 Å². The maximum atomic E-state index is 13.1. The zero-order valence-corrected chi connectivity index (χ0v) is 13.3. The number of rotatable bonds is 4. The van der Waals surface area contributed by atoms with Gasteiger partial charge in [0.05, 0.1) is 0 Å². The summed E-state index contributed by atoms with van der Waals surface area (Å²) in [7, 11) is 7.99. The standard InChI is InChI=1S/C6Cl2F14Te/c7-23(8,5(19,20)1(9,10)3(13,14)15)6(21,22)2(11,12)4(16,17)18. The van der Waals surface area contributed by atoms with Gasteiger partial charge >= 0.3 is 127 Å². The molecule has 0 heterocycles. The van der Waals surface area contributed by atoms with Gasteiger partial charge in [-0.2, -0.15) is 0 Å². The van der Waals surface area contributed by atoms with Crippen molar-refractivity contribution in [2.75, 3.05) is 0 Å². The first-order valence-electron chi connectivity index (χ1n) is 4.36. The van der Waals surface area contributed by atoms with E-state index in [9.17, 15) is 61.5 Å². The summed E-state index contributed by atoms with van der Waals surface area (Å²) in [5.74, 6) is -15.0. The minimum atomic E-state index is -8.98. The molecular weight excluding hydrogens is 537 g/mol. The van der Waals surface area contributed by atoms with E-state index in [2.05, 4.69) is 17.9 Å². The first kappa shape index (κ1) is 23.4. The van der Waals surface area contributed by atoms with Gasteiger partial charge in [-0.1, -0.05) is 0 Å². The van der Waals surface area contributed by atoms with E-state index in [1.807, 2.05) is 0 Å². The number of hydrogen-bond acceptors (Lipinski definition) is 0. The first-order chi connectivity index (χ1) is 9.50. The molecule has 0 fully saturated rings. The van der Waals surface area contributed by atoms with Crippen molar-refractivity contribution in [1.82, 2.24) is 0 Å². The van der Waals surface area contributed by atoms with Gasteiger partial charge in [-0.15, -0.1) is 0 Å². The van der Waals surface area contributed by atoms with Gasteiger partial charge in [0.2, 0.25) is 0 Å². The Morgan fingerprint density at radius 3 is 0.739 bits per heavy atom. The second kappa shape index (κ2) is 5.70. The first-order valence-corrected chi connectivity index (χ1v) is 12.6. The summed E-state index contributed by atoms with van der Waals surface area (Å²) in [6.07, 6.45) is -14.6. The van der Waals surface area contributed by atoms with Crippen molar-refractivity contribution in [3.63, 3.8) is 0 Å². The Morgan fingerprint density at radius 2 is 0.609 bits per heavy atom. The summed E-state index contributed by atoms with van der Waals surface area (Å²) < 4.78 is 159. The molecule has 23 heavy (non-hydrogen) atoms. The fraction of sp³-hybridized carbons (Fsp3) is 1.00. The average Bonchev–Trinajstić information content (AvgIpc) is 2.24. The Morgan fingerprint density at radius 1 is 0.435 bits per heavy atom. The van der Waals surface area contributed by atoms with Crippen LogP contribution in [-0.4, -0.2) is 48.1 Å². The molecule has 0 saturated carbocycles. The van der Waals surface area contributed by atoms with Crippen LogP contribution in [0.1, 0.15) is 0 Å². The third kappa shape index (κ3) is 3.15. The number of hydrogen-bond donors (Lipinski definition) is 0. The van der Waals surface area contributed by atoms with E-state index in [1.165, 1.54) is 0 Å².